The van der Waals surface area contributed by atoms with E-state index in [1.54, 1.807) is 60.3 Å². The van der Waals surface area contributed by atoms with Gasteiger partial charge in [0.05, 0.1) is 23.1 Å². The Morgan fingerprint density at radius 3 is 2.36 bits per heavy atom. The summed E-state index contributed by atoms with van der Waals surface area (Å²) in [5, 5.41) is 11.5. The largest absolute Gasteiger partial charge is 0.488 e. The van der Waals surface area contributed by atoms with Gasteiger partial charge in [-0.2, -0.15) is 8.42 Å². The molecule has 7 rings (SSSR count). The van der Waals surface area contributed by atoms with E-state index in [1.807, 2.05) is 36.4 Å². The van der Waals surface area contributed by atoms with E-state index in [2.05, 4.69) is 33.4 Å². The summed E-state index contributed by atoms with van der Waals surface area (Å²) in [6, 6.07) is 27.6. The summed E-state index contributed by atoms with van der Waals surface area (Å²) in [4.78, 5) is 8.61. The molecule has 0 fully saturated rings. The number of hydrogen-bond acceptors (Lipinski definition) is 9. The first-order chi connectivity index (χ1) is 21.4. The zero-order valence-corrected chi connectivity index (χ0v) is 27.6. The van der Waals surface area contributed by atoms with Gasteiger partial charge in [0.2, 0.25) is 0 Å². The number of pyridine rings is 2. The number of ether oxygens (including phenoxy) is 1. The Labute approximate surface area is 284 Å². The van der Waals surface area contributed by atoms with E-state index in [0.717, 1.165) is 31.3 Å². The smallest absolute Gasteiger partial charge is 0.295 e. The van der Waals surface area contributed by atoms with Crippen LogP contribution in [0.5, 0.6) is 5.75 Å². The van der Waals surface area contributed by atoms with E-state index < -0.39 is 10.1 Å². The zero-order chi connectivity index (χ0) is 30.3. The Morgan fingerprint density at radius 1 is 0.844 bits per heavy atom. The molecule has 0 unspecified atom stereocenters. The molecule has 3 N–H and O–H groups in total. The summed E-state index contributed by atoms with van der Waals surface area (Å²) in [5.74, 6) is 0.691. The first-order valence-corrected chi connectivity index (χ1v) is 15.8. The van der Waals surface area contributed by atoms with E-state index in [9.17, 15) is 13.0 Å². The molecule has 3 heterocycles. The monoisotopic (exact) mass is 640 g/mol. The van der Waals surface area contributed by atoms with Crippen LogP contribution < -0.4 is 10.5 Å². The zero-order valence-electron chi connectivity index (χ0n) is 24.0. The minimum Gasteiger partial charge on any atom is -0.488 e. The Balaban J connectivity index is 0.00000357. The van der Waals surface area contributed by atoms with Crippen LogP contribution in [0.3, 0.4) is 0 Å². The van der Waals surface area contributed by atoms with Crippen molar-refractivity contribution in [1.29, 1.82) is 0 Å². The minimum atomic E-state index is -4.53. The van der Waals surface area contributed by atoms with Crippen molar-refractivity contribution in [2.75, 3.05) is 5.73 Å². The van der Waals surface area contributed by atoms with Crippen molar-refractivity contribution in [3.05, 3.63) is 115 Å². The average Bonchev–Trinajstić information content (AvgIpc) is 3.42. The van der Waals surface area contributed by atoms with Gasteiger partial charge < -0.3 is 10.5 Å². The molecular formula is C33H23N5NaO4S2. The molecule has 0 bridgehead atoms. The minimum absolute atomic E-state index is 0. The van der Waals surface area contributed by atoms with Crippen LogP contribution >= 0.6 is 11.3 Å². The number of benzene rings is 4. The van der Waals surface area contributed by atoms with Gasteiger partial charge >= 0.3 is 0 Å². The molecule has 12 heteroatoms. The number of fused-ring (bicyclic) bond motifs is 4. The van der Waals surface area contributed by atoms with E-state index in [4.69, 9.17) is 15.5 Å². The molecule has 7 aromatic rings. The summed E-state index contributed by atoms with van der Waals surface area (Å²) in [5.41, 5.74) is 9.60. The molecule has 4 aromatic carbocycles. The van der Waals surface area contributed by atoms with Crippen molar-refractivity contribution in [3.8, 4) is 17.0 Å². The van der Waals surface area contributed by atoms with E-state index in [-0.39, 0.29) is 45.8 Å². The summed E-state index contributed by atoms with van der Waals surface area (Å²) in [6.45, 7) is 0.349. The molecule has 1 radical (unpaired) electrons. The number of azo groups is 1. The van der Waals surface area contributed by atoms with Gasteiger partial charge in [-0.25, -0.2) is 0 Å². The maximum Gasteiger partial charge on any atom is 0.295 e. The number of nitrogens with two attached hydrogens (primary N) is 1. The van der Waals surface area contributed by atoms with Crippen molar-refractivity contribution >= 4 is 99.0 Å². The van der Waals surface area contributed by atoms with Crippen LogP contribution in [-0.2, 0) is 16.7 Å². The third-order valence-electron chi connectivity index (χ3n) is 7.21. The maximum absolute atomic E-state index is 12.1. The standard InChI is InChI=1S/C33H23N5O4S2.Na/c34-32-24-9-2-1-8-23(24)30(44(39,40)41)16-27(32)38-37-21-11-13-26(36-18-21)31-28(42-19-20-6-5-15-35-17-20)14-12-25-22-7-3-4-10-29(22)43-33(25)31;/h1-18H,19,34H2,(H,39,40,41);. The van der Waals surface area contributed by atoms with Gasteiger partial charge in [-0.05, 0) is 42.5 Å². The van der Waals surface area contributed by atoms with Gasteiger partial charge in [-0.15, -0.1) is 21.6 Å². The van der Waals surface area contributed by atoms with Crippen molar-refractivity contribution in [2.45, 2.75) is 11.5 Å². The number of thiophene rings is 1. The van der Waals surface area contributed by atoms with Gasteiger partial charge in [-0.1, -0.05) is 48.5 Å². The third kappa shape index (κ3) is 6.06. The Bertz CT molecular complexity index is 2330. The molecule has 0 saturated heterocycles. The van der Waals surface area contributed by atoms with Crippen LogP contribution in [0, 0.1) is 0 Å². The molecule has 0 spiro atoms. The Hall–Kier alpha value is -4.23. The fourth-order valence-electron chi connectivity index (χ4n) is 5.13. The SMILES string of the molecule is Nc1c(N=Nc2ccc(-c3c(OCc4cccnc4)ccc4c3sc3ccccc34)nc2)cc(S(=O)(=O)O)c2ccccc12.[Na]. The Morgan fingerprint density at radius 2 is 1.62 bits per heavy atom. The fourth-order valence-corrected chi connectivity index (χ4v) is 7.10. The molecule has 0 aliphatic heterocycles. The van der Waals surface area contributed by atoms with Gasteiger partial charge in [0.15, 0.2) is 0 Å². The van der Waals surface area contributed by atoms with Gasteiger partial charge in [0.1, 0.15) is 28.6 Å². The van der Waals surface area contributed by atoms with E-state index >= 15 is 0 Å². The second-order valence-electron chi connectivity index (χ2n) is 9.99. The predicted molar refractivity (Wildman–Crippen MR) is 179 cm³/mol. The first kappa shape index (κ1) is 30.8. The van der Waals surface area contributed by atoms with Crippen LogP contribution in [0.4, 0.5) is 17.1 Å². The molecule has 0 saturated carbocycles. The van der Waals surface area contributed by atoms with Gasteiger partial charge in [-0.3, -0.25) is 14.5 Å². The number of nitrogen functional groups attached to an aromatic ring is 1. The molecular weight excluding hydrogens is 618 g/mol. The summed E-state index contributed by atoms with van der Waals surface area (Å²) in [6.07, 6.45) is 5.08. The number of aromatic nitrogens is 2. The summed E-state index contributed by atoms with van der Waals surface area (Å²) < 4.78 is 42.5. The van der Waals surface area contributed by atoms with Crippen LogP contribution in [0.2, 0.25) is 0 Å². The van der Waals surface area contributed by atoms with Crippen LogP contribution in [-0.4, -0.2) is 52.5 Å². The molecule has 0 aliphatic carbocycles. The molecule has 217 valence electrons. The molecule has 3 aromatic heterocycles. The normalized spacial score (nSPS) is 11.8. The van der Waals surface area contributed by atoms with Crippen LogP contribution in [0.15, 0.2) is 125 Å². The van der Waals surface area contributed by atoms with E-state index in [1.165, 1.54) is 6.07 Å². The number of hydrogen-bond donors (Lipinski definition) is 2. The molecule has 0 amide bonds. The van der Waals surface area contributed by atoms with Crippen LogP contribution in [0.1, 0.15) is 5.56 Å². The van der Waals surface area contributed by atoms with Crippen molar-refractivity contribution in [2.24, 2.45) is 10.2 Å². The number of rotatable bonds is 7. The third-order valence-corrected chi connectivity index (χ3v) is 9.31. The number of anilines is 1. The predicted octanol–water partition coefficient (Wildman–Crippen LogP) is 8.11. The van der Waals surface area contributed by atoms with Gasteiger partial charge in [0.25, 0.3) is 10.1 Å². The first-order valence-electron chi connectivity index (χ1n) is 13.5. The van der Waals surface area contributed by atoms with Crippen LogP contribution in [0.25, 0.3) is 42.2 Å². The second kappa shape index (κ2) is 12.6. The van der Waals surface area contributed by atoms with Crippen molar-refractivity contribution < 1.29 is 17.7 Å². The quantitative estimate of drug-likeness (QED) is 0.0776. The Kier molecular flexibility index (Phi) is 8.65. The average molecular weight is 641 g/mol. The molecule has 45 heavy (non-hydrogen) atoms. The summed E-state index contributed by atoms with van der Waals surface area (Å²) >= 11 is 1.68. The fraction of sp³-hybridized carbons (Fsp3) is 0.0303. The summed E-state index contributed by atoms with van der Waals surface area (Å²) in [7, 11) is -4.53. The molecule has 0 atom stereocenters. The molecule has 0 aliphatic rings. The van der Waals surface area contributed by atoms with E-state index in [0.29, 0.717) is 34.5 Å². The second-order valence-corrected chi connectivity index (χ2v) is 12.4. The van der Waals surface area contributed by atoms with Gasteiger partial charge in [0, 0.05) is 78.5 Å². The maximum atomic E-state index is 12.1. The molecule has 9 nitrogen and oxygen atoms in total. The topological polar surface area (TPSA) is 140 Å². The number of nitrogens with zero attached hydrogens (tertiary/aromatic N) is 4. The van der Waals surface area contributed by atoms with Crippen molar-refractivity contribution in [3.63, 3.8) is 0 Å². The van der Waals surface area contributed by atoms with Crippen molar-refractivity contribution in [1.82, 2.24) is 9.97 Å².